The fourth-order valence-electron chi connectivity index (χ4n) is 4.54. The van der Waals surface area contributed by atoms with Gasteiger partial charge in [-0.25, -0.2) is 9.79 Å². The van der Waals surface area contributed by atoms with Crippen LogP contribution in [0.15, 0.2) is 40.2 Å². The third kappa shape index (κ3) is 5.05. The smallest absolute Gasteiger partial charge is 0.326 e. The first-order valence-corrected chi connectivity index (χ1v) is 12.6. The molecule has 1 aliphatic carbocycles. The zero-order valence-electron chi connectivity index (χ0n) is 20.3. The molecule has 0 atom stereocenters. The Kier molecular flexibility index (Phi) is 6.08. The molecular formula is C25H29N9O3. The van der Waals surface area contributed by atoms with Crippen LogP contribution in [0.5, 0.6) is 5.88 Å². The molecule has 0 spiro atoms. The summed E-state index contributed by atoms with van der Waals surface area (Å²) in [5.41, 5.74) is 3.00. The highest BCUT2D eigenvalue weighted by Crippen LogP contribution is 2.24. The molecule has 1 saturated carbocycles. The van der Waals surface area contributed by atoms with Gasteiger partial charge in [0, 0.05) is 37.1 Å². The summed E-state index contributed by atoms with van der Waals surface area (Å²) in [6.07, 6.45) is 7.29. The van der Waals surface area contributed by atoms with Gasteiger partial charge in [-0.05, 0) is 55.4 Å². The van der Waals surface area contributed by atoms with Gasteiger partial charge in [-0.2, -0.15) is 19.6 Å². The van der Waals surface area contributed by atoms with E-state index < -0.39 is 5.69 Å². The average molecular weight is 504 g/mol. The van der Waals surface area contributed by atoms with E-state index in [0.29, 0.717) is 34.9 Å². The lowest BCUT2D eigenvalue weighted by Crippen LogP contribution is -2.34. The Bertz CT molecular complexity index is 1580. The maximum absolute atomic E-state index is 11.5. The first-order valence-electron chi connectivity index (χ1n) is 12.6. The van der Waals surface area contributed by atoms with Crippen LogP contribution in [0.2, 0.25) is 0 Å². The van der Waals surface area contributed by atoms with Crippen molar-refractivity contribution in [2.45, 2.75) is 38.3 Å². The first kappa shape index (κ1) is 23.2. The van der Waals surface area contributed by atoms with Crippen LogP contribution < -0.4 is 26.7 Å². The second-order valence-electron chi connectivity index (χ2n) is 9.66. The highest BCUT2D eigenvalue weighted by Gasteiger charge is 2.21. The quantitative estimate of drug-likeness (QED) is 0.240. The van der Waals surface area contributed by atoms with Crippen LogP contribution >= 0.6 is 0 Å². The molecule has 0 unspecified atom stereocenters. The lowest BCUT2D eigenvalue weighted by Gasteiger charge is -2.33. The van der Waals surface area contributed by atoms with Crippen LogP contribution in [0.3, 0.4) is 0 Å². The summed E-state index contributed by atoms with van der Waals surface area (Å²) in [7, 11) is 0. The van der Waals surface area contributed by atoms with E-state index in [1.165, 1.54) is 5.69 Å². The molecule has 6 rings (SSSR count). The van der Waals surface area contributed by atoms with Crippen molar-refractivity contribution in [1.29, 1.82) is 0 Å². The number of rotatable bonds is 7. The SMILES string of the molecule is O=c1[nH]c(O)c(/C=c2\cnn3c(=NC4CC4)nc(NCc4ccc(N5CCC(CO)CC5)cc4)nc23)[nH]1. The third-order valence-corrected chi connectivity index (χ3v) is 6.88. The van der Waals surface area contributed by atoms with Crippen LogP contribution in [0.4, 0.5) is 11.6 Å². The summed E-state index contributed by atoms with van der Waals surface area (Å²) < 4.78 is 1.58. The molecule has 12 nitrogen and oxygen atoms in total. The largest absolute Gasteiger partial charge is 0.493 e. The average Bonchev–Trinajstić information content (AvgIpc) is 3.55. The zero-order valence-corrected chi connectivity index (χ0v) is 20.3. The van der Waals surface area contributed by atoms with Crippen LogP contribution in [0, 0.1) is 5.92 Å². The minimum absolute atomic E-state index is 0.239. The second-order valence-corrected chi connectivity index (χ2v) is 9.66. The van der Waals surface area contributed by atoms with Gasteiger partial charge >= 0.3 is 5.69 Å². The number of aromatic amines is 2. The Morgan fingerprint density at radius 1 is 1.11 bits per heavy atom. The number of anilines is 2. The topological polar surface area (TPSA) is 160 Å². The summed E-state index contributed by atoms with van der Waals surface area (Å²) in [6, 6.07) is 8.68. The Hall–Kier alpha value is -4.19. The number of aliphatic hydroxyl groups excluding tert-OH is 1. The minimum Gasteiger partial charge on any atom is -0.493 e. The number of imidazole rings is 1. The zero-order chi connectivity index (χ0) is 25.4. The molecule has 3 aromatic heterocycles. The second kappa shape index (κ2) is 9.69. The van der Waals surface area contributed by atoms with Crippen LogP contribution in [0.1, 0.15) is 36.9 Å². The van der Waals surface area contributed by atoms with Gasteiger partial charge in [-0.15, -0.1) is 0 Å². The van der Waals surface area contributed by atoms with E-state index in [9.17, 15) is 15.0 Å². The number of benzene rings is 1. The van der Waals surface area contributed by atoms with Gasteiger partial charge < -0.3 is 25.4 Å². The molecule has 2 fully saturated rings. The monoisotopic (exact) mass is 503 g/mol. The van der Waals surface area contributed by atoms with Crippen LogP contribution in [-0.4, -0.2) is 65.5 Å². The third-order valence-electron chi connectivity index (χ3n) is 6.88. The highest BCUT2D eigenvalue weighted by molar-refractivity contribution is 5.57. The normalized spacial score (nSPS) is 17.7. The first-order chi connectivity index (χ1) is 18.1. The molecule has 192 valence electrons. The van der Waals surface area contributed by atoms with Gasteiger partial charge in [0.2, 0.25) is 11.8 Å². The maximum atomic E-state index is 11.5. The predicted octanol–water partition coefficient (Wildman–Crippen LogP) is 0.278. The van der Waals surface area contributed by atoms with Gasteiger partial charge in [0.1, 0.15) is 5.69 Å². The molecular weight excluding hydrogens is 474 g/mol. The molecule has 37 heavy (non-hydrogen) atoms. The molecule has 0 bridgehead atoms. The Morgan fingerprint density at radius 2 is 1.89 bits per heavy atom. The van der Waals surface area contributed by atoms with Gasteiger partial charge in [-0.3, -0.25) is 4.98 Å². The fourth-order valence-corrected chi connectivity index (χ4v) is 4.54. The number of fused-ring (bicyclic) bond motifs is 1. The predicted molar refractivity (Wildman–Crippen MR) is 137 cm³/mol. The van der Waals surface area contributed by atoms with Crippen LogP contribution in [-0.2, 0) is 6.54 Å². The minimum atomic E-state index is -0.498. The highest BCUT2D eigenvalue weighted by atomic mass is 16.3. The summed E-state index contributed by atoms with van der Waals surface area (Å²) in [5, 5.41) is 27.6. The van der Waals surface area contributed by atoms with Crippen molar-refractivity contribution in [2.24, 2.45) is 10.9 Å². The lowest BCUT2D eigenvalue weighted by atomic mass is 9.97. The summed E-state index contributed by atoms with van der Waals surface area (Å²) in [4.78, 5) is 32.7. The van der Waals surface area contributed by atoms with Crippen molar-refractivity contribution in [2.75, 3.05) is 29.9 Å². The van der Waals surface area contributed by atoms with Gasteiger partial charge in [0.25, 0.3) is 5.62 Å². The van der Waals surface area contributed by atoms with Gasteiger partial charge in [-0.1, -0.05) is 12.1 Å². The summed E-state index contributed by atoms with van der Waals surface area (Å²) in [5.74, 6) is 0.586. The van der Waals surface area contributed by atoms with E-state index in [-0.39, 0.29) is 24.2 Å². The maximum Gasteiger partial charge on any atom is 0.326 e. The molecule has 5 N–H and O–H groups in total. The number of hydrogen-bond donors (Lipinski definition) is 5. The van der Waals surface area contributed by atoms with Gasteiger partial charge in [0.15, 0.2) is 5.65 Å². The molecule has 1 aromatic carbocycles. The number of nitrogens with zero attached hydrogens (tertiary/aromatic N) is 6. The number of nitrogens with one attached hydrogen (secondary N) is 3. The number of piperidine rings is 1. The Morgan fingerprint density at radius 3 is 2.57 bits per heavy atom. The molecule has 0 amide bonds. The van der Waals surface area contributed by atoms with E-state index >= 15 is 0 Å². The van der Waals surface area contributed by atoms with E-state index in [1.54, 1.807) is 16.8 Å². The van der Waals surface area contributed by atoms with E-state index in [0.717, 1.165) is 44.3 Å². The van der Waals surface area contributed by atoms with Crippen molar-refractivity contribution in [3.05, 3.63) is 63.0 Å². The number of H-pyrrole nitrogens is 2. The van der Waals surface area contributed by atoms with Crippen molar-refractivity contribution < 1.29 is 10.2 Å². The van der Waals surface area contributed by atoms with Crippen molar-refractivity contribution >= 4 is 23.4 Å². The number of aliphatic hydroxyl groups is 1. The number of aromatic hydroxyl groups is 1. The lowest BCUT2D eigenvalue weighted by molar-refractivity contribution is 0.203. The van der Waals surface area contributed by atoms with E-state index in [2.05, 4.69) is 59.5 Å². The number of hydrogen-bond acceptors (Lipinski definition) is 9. The summed E-state index contributed by atoms with van der Waals surface area (Å²) in [6.45, 7) is 2.73. The van der Waals surface area contributed by atoms with Gasteiger partial charge in [0.05, 0.1) is 12.2 Å². The Balaban J connectivity index is 1.25. The summed E-state index contributed by atoms with van der Waals surface area (Å²) >= 11 is 0. The molecule has 2 aliphatic rings. The Labute approximate surface area is 211 Å². The van der Waals surface area contributed by atoms with Crippen molar-refractivity contribution in [1.82, 2.24) is 29.5 Å². The van der Waals surface area contributed by atoms with Crippen molar-refractivity contribution in [3.8, 4) is 5.88 Å². The molecule has 4 heterocycles. The van der Waals surface area contributed by atoms with Crippen molar-refractivity contribution in [3.63, 3.8) is 0 Å². The number of aromatic nitrogens is 6. The molecule has 1 saturated heterocycles. The molecule has 12 heteroatoms. The van der Waals surface area contributed by atoms with Crippen LogP contribution in [0.25, 0.3) is 11.7 Å². The van der Waals surface area contributed by atoms with E-state index in [4.69, 9.17) is 4.99 Å². The van der Waals surface area contributed by atoms with E-state index in [1.807, 2.05) is 0 Å². The molecule has 4 aromatic rings. The molecule has 1 aliphatic heterocycles. The standard InChI is InChI=1S/C25H29N9O3/c35-14-16-7-9-33(10-8-16)19-5-1-15(2-6-19)12-26-23-30-21-17(11-20-22(36)31-25(37)29-20)13-27-34(21)24(32-23)28-18-3-4-18/h1-2,5-6,11,13,16,18,35-36H,3-4,7-10,12,14H2,(H,26,28,32)(H2,29,31,37)/b17-11+. The molecule has 0 radical (unpaired) electrons. The fraction of sp³-hybridized carbons (Fsp3) is 0.400.